The Kier molecular flexibility index (Phi) is 9.28. The van der Waals surface area contributed by atoms with Crippen LogP contribution in [-0.2, 0) is 9.47 Å². The maximum absolute atomic E-state index is 17.3. The van der Waals surface area contributed by atoms with Gasteiger partial charge in [-0.2, -0.15) is 15.1 Å². The van der Waals surface area contributed by atoms with E-state index >= 15 is 4.39 Å². The summed E-state index contributed by atoms with van der Waals surface area (Å²) >= 11 is 0. The van der Waals surface area contributed by atoms with E-state index in [-0.39, 0.29) is 41.7 Å². The maximum atomic E-state index is 17.3. The number of ether oxygens (including phenoxy) is 4. The fourth-order valence-electron chi connectivity index (χ4n) is 9.64. The van der Waals surface area contributed by atoms with E-state index in [9.17, 15) is 5.11 Å². The second-order valence-electron chi connectivity index (χ2n) is 16.1. The van der Waals surface area contributed by atoms with Crippen LogP contribution < -0.4 is 14.4 Å². The number of piperidine rings is 1. The Morgan fingerprint density at radius 3 is 2.75 bits per heavy atom. The predicted octanol–water partition coefficient (Wildman–Crippen LogP) is 5.46. The Morgan fingerprint density at radius 1 is 1.12 bits per heavy atom. The molecule has 1 aromatic carbocycles. The molecule has 0 amide bonds. The van der Waals surface area contributed by atoms with Crippen molar-refractivity contribution in [1.82, 2.24) is 30.0 Å². The Bertz CT molecular complexity index is 1970. The van der Waals surface area contributed by atoms with Crippen molar-refractivity contribution < 1.29 is 28.4 Å². The smallest absolute Gasteiger partial charge is 0.319 e. The fraction of sp³-hybridized carbons (Fsp3) is 0.641. The molecule has 2 aliphatic heterocycles. The van der Waals surface area contributed by atoms with Crippen molar-refractivity contribution in [2.24, 2.45) is 23.2 Å². The molecule has 13 heteroatoms. The summed E-state index contributed by atoms with van der Waals surface area (Å²) in [6, 6.07) is 2.53. The third-order valence-electron chi connectivity index (χ3n) is 12.6. The second-order valence-corrected chi connectivity index (χ2v) is 16.1. The highest BCUT2D eigenvalue weighted by atomic mass is 19.1. The van der Waals surface area contributed by atoms with Gasteiger partial charge in [0.15, 0.2) is 5.82 Å². The Balaban J connectivity index is 1.20. The molecule has 4 fully saturated rings. The summed E-state index contributed by atoms with van der Waals surface area (Å²) in [5.74, 6) is 1.97. The molecule has 8 rings (SSSR count). The number of benzene rings is 1. The number of hydrogen-bond donors (Lipinski definition) is 2. The lowest BCUT2D eigenvalue weighted by Gasteiger charge is -2.46. The summed E-state index contributed by atoms with van der Waals surface area (Å²) in [5, 5.41) is 19.5. The van der Waals surface area contributed by atoms with E-state index < -0.39 is 11.4 Å². The van der Waals surface area contributed by atoms with Crippen molar-refractivity contribution in [3.63, 3.8) is 0 Å². The number of nitrogens with one attached hydrogen (secondary N) is 1. The van der Waals surface area contributed by atoms with E-state index in [4.69, 9.17) is 33.9 Å². The summed E-state index contributed by atoms with van der Waals surface area (Å²) < 4.78 is 41.1. The molecule has 280 valence electrons. The zero-order chi connectivity index (χ0) is 36.4. The highest BCUT2D eigenvalue weighted by Gasteiger charge is 2.53. The van der Waals surface area contributed by atoms with Gasteiger partial charge in [-0.1, -0.05) is 13.3 Å². The van der Waals surface area contributed by atoms with E-state index in [2.05, 4.69) is 22.0 Å². The van der Waals surface area contributed by atoms with Crippen molar-refractivity contribution in [3.8, 4) is 23.1 Å². The van der Waals surface area contributed by atoms with Gasteiger partial charge < -0.3 is 29.0 Å². The quantitative estimate of drug-likeness (QED) is 0.217. The monoisotopic (exact) mass is 717 g/mol. The molecule has 2 saturated carbocycles. The summed E-state index contributed by atoms with van der Waals surface area (Å²) in [4.78, 5) is 19.2. The number of anilines is 1. The van der Waals surface area contributed by atoms with Crippen LogP contribution in [-0.4, -0.2) is 114 Å². The number of nitrogens with zero attached hydrogens (tertiary/aromatic N) is 6. The van der Waals surface area contributed by atoms with Crippen LogP contribution >= 0.6 is 0 Å². The first-order chi connectivity index (χ1) is 25.0. The number of fused-ring (bicyclic) bond motifs is 3. The SMILES string of the molecule is COC[C@H]1[C@@H](C)[C@@H]1CN1CCC[C@@]2(COc3nc(N4CCOC[C@@](C)(O)C4)c4c(OC)nc(-c5c(C)c(C)cc6[nH]ncc56)c(F)c4n3)CCC[C@@H]12. The standard InChI is InChI=1S/C39H52FN7O5/c1-22-15-28-25(16-41-45-28)30(23(22)2)33-32(40)34-31(36(42-33)50-6)35(47-13-14-51-20-38(4,48)19-47)44-37(43-34)52-21-39-10-7-9-29(39)46(12-8-11-39)17-26-24(3)27(26)18-49-5/h15-16,24,26-27,29,48H,7-14,17-21H2,1-6H3,(H,41,45)/t24-,26-,27-,29+,38-,39+/m0/s1. The molecule has 5 heterocycles. The number of aromatic nitrogens is 5. The Hall–Kier alpha value is -3.65. The molecular weight excluding hydrogens is 665 g/mol. The molecule has 3 aromatic heterocycles. The lowest BCUT2D eigenvalue weighted by atomic mass is 9.75. The molecule has 4 aromatic rings. The summed E-state index contributed by atoms with van der Waals surface area (Å²) in [6.45, 7) is 12.7. The van der Waals surface area contributed by atoms with Crippen LogP contribution in [0.5, 0.6) is 11.9 Å². The van der Waals surface area contributed by atoms with Crippen molar-refractivity contribution in [2.45, 2.75) is 71.4 Å². The molecule has 2 saturated heterocycles. The molecule has 0 bridgehead atoms. The first-order valence-electron chi connectivity index (χ1n) is 18.8. The molecule has 0 radical (unpaired) electrons. The van der Waals surface area contributed by atoms with Crippen LogP contribution in [0.15, 0.2) is 12.3 Å². The van der Waals surface area contributed by atoms with E-state index in [0.717, 1.165) is 73.8 Å². The van der Waals surface area contributed by atoms with Crippen LogP contribution in [0.1, 0.15) is 57.1 Å². The van der Waals surface area contributed by atoms with Gasteiger partial charge >= 0.3 is 6.01 Å². The van der Waals surface area contributed by atoms with Gasteiger partial charge in [0, 0.05) is 49.2 Å². The minimum atomic E-state index is -1.16. The maximum Gasteiger partial charge on any atom is 0.319 e. The lowest BCUT2D eigenvalue weighted by molar-refractivity contribution is -0.0123. The molecule has 2 N–H and O–H groups in total. The minimum absolute atomic E-state index is 0.0308. The topological polar surface area (TPSA) is 131 Å². The van der Waals surface area contributed by atoms with Crippen LogP contribution in [0, 0.1) is 42.8 Å². The zero-order valence-corrected chi connectivity index (χ0v) is 31.3. The molecule has 2 aliphatic carbocycles. The number of aliphatic hydroxyl groups is 1. The number of methoxy groups -OCH3 is 2. The fourth-order valence-corrected chi connectivity index (χ4v) is 9.64. The van der Waals surface area contributed by atoms with Crippen LogP contribution in [0.3, 0.4) is 0 Å². The van der Waals surface area contributed by atoms with E-state index in [1.165, 1.54) is 7.11 Å². The van der Waals surface area contributed by atoms with Crippen molar-refractivity contribution >= 4 is 27.6 Å². The van der Waals surface area contributed by atoms with Crippen molar-refractivity contribution in [1.29, 1.82) is 0 Å². The predicted molar refractivity (Wildman–Crippen MR) is 196 cm³/mol. The largest absolute Gasteiger partial charge is 0.480 e. The number of aromatic amines is 1. The second kappa shape index (κ2) is 13.6. The summed E-state index contributed by atoms with van der Waals surface area (Å²) in [5.41, 5.74) is 2.26. The van der Waals surface area contributed by atoms with Crippen LogP contribution in [0.2, 0.25) is 0 Å². The number of pyridine rings is 1. The Morgan fingerprint density at radius 2 is 1.94 bits per heavy atom. The van der Waals surface area contributed by atoms with Gasteiger partial charge in [0.05, 0.1) is 45.2 Å². The van der Waals surface area contributed by atoms with Crippen LogP contribution in [0.25, 0.3) is 33.1 Å². The molecule has 4 aliphatic rings. The number of likely N-dealkylation sites (tertiary alicyclic amines) is 1. The zero-order valence-electron chi connectivity index (χ0n) is 31.3. The highest BCUT2D eigenvalue weighted by Crippen LogP contribution is 2.52. The average Bonchev–Trinajstić information content (AvgIpc) is 3.41. The first kappa shape index (κ1) is 35.4. The normalized spacial score (nSPS) is 29.4. The van der Waals surface area contributed by atoms with Gasteiger partial charge in [-0.05, 0) is 87.9 Å². The van der Waals surface area contributed by atoms with Gasteiger partial charge in [0.25, 0.3) is 0 Å². The number of H-pyrrole nitrogens is 1. The van der Waals surface area contributed by atoms with E-state index in [1.807, 2.05) is 24.8 Å². The molecule has 12 nitrogen and oxygen atoms in total. The number of hydrogen-bond acceptors (Lipinski definition) is 11. The Labute approximate surface area is 304 Å². The first-order valence-corrected chi connectivity index (χ1v) is 18.8. The molecule has 6 atom stereocenters. The lowest BCUT2D eigenvalue weighted by Crippen LogP contribution is -2.52. The third kappa shape index (κ3) is 6.16. The van der Waals surface area contributed by atoms with Gasteiger partial charge in [0.2, 0.25) is 5.88 Å². The van der Waals surface area contributed by atoms with Gasteiger partial charge in [0.1, 0.15) is 28.0 Å². The molecule has 0 spiro atoms. The van der Waals surface area contributed by atoms with Crippen molar-refractivity contribution in [3.05, 3.63) is 29.2 Å². The van der Waals surface area contributed by atoms with Crippen molar-refractivity contribution in [2.75, 3.05) is 71.7 Å². The molecule has 52 heavy (non-hydrogen) atoms. The highest BCUT2D eigenvalue weighted by molar-refractivity contribution is 6.01. The number of rotatable bonds is 10. The third-order valence-corrected chi connectivity index (χ3v) is 12.6. The minimum Gasteiger partial charge on any atom is -0.480 e. The van der Waals surface area contributed by atoms with E-state index in [1.54, 1.807) is 20.2 Å². The summed E-state index contributed by atoms with van der Waals surface area (Å²) in [7, 11) is 3.32. The average molecular weight is 718 g/mol. The number of aryl methyl sites for hydroxylation is 1. The van der Waals surface area contributed by atoms with Gasteiger partial charge in [-0.3, -0.25) is 10.00 Å². The number of β-amino-alcohol motifs (C(OH)–C–C–N with tert-alkyl or cyclic N) is 1. The van der Waals surface area contributed by atoms with Gasteiger partial charge in [-0.25, -0.2) is 9.37 Å². The van der Waals surface area contributed by atoms with Crippen LogP contribution in [0.4, 0.5) is 10.2 Å². The molecule has 0 unspecified atom stereocenters. The van der Waals surface area contributed by atoms with Gasteiger partial charge in [-0.15, -0.1) is 0 Å². The van der Waals surface area contributed by atoms with E-state index in [0.29, 0.717) is 60.3 Å². The number of halogens is 1. The summed E-state index contributed by atoms with van der Waals surface area (Å²) in [6.07, 6.45) is 7.25. The molecular formula is C39H52FN7O5.